The summed E-state index contributed by atoms with van der Waals surface area (Å²) in [7, 11) is -3.82. The van der Waals surface area contributed by atoms with E-state index in [1.165, 1.54) is 16.4 Å². The van der Waals surface area contributed by atoms with Gasteiger partial charge in [0, 0.05) is 30.3 Å². The molecule has 1 aliphatic heterocycles. The van der Waals surface area contributed by atoms with Gasteiger partial charge >= 0.3 is 0 Å². The summed E-state index contributed by atoms with van der Waals surface area (Å²) in [6.07, 6.45) is 0.582. The van der Waals surface area contributed by atoms with Gasteiger partial charge in [-0.2, -0.15) is 17.0 Å². The van der Waals surface area contributed by atoms with E-state index in [2.05, 4.69) is 5.32 Å². The normalized spacial score (nSPS) is 17.4. The molecule has 1 aliphatic rings. The van der Waals surface area contributed by atoms with Gasteiger partial charge in [-0.1, -0.05) is 29.8 Å². The van der Waals surface area contributed by atoms with Crippen LogP contribution in [0.5, 0.6) is 0 Å². The van der Waals surface area contributed by atoms with Crippen LogP contribution in [0.15, 0.2) is 42.5 Å². The van der Waals surface area contributed by atoms with Crippen molar-refractivity contribution in [2.45, 2.75) is 19.9 Å². The topological polar surface area (TPSA) is 69.7 Å². The van der Waals surface area contributed by atoms with Crippen molar-refractivity contribution in [3.63, 3.8) is 0 Å². The number of nitrogens with zero attached hydrogens (tertiary/aromatic N) is 2. The van der Waals surface area contributed by atoms with Crippen LogP contribution in [0.25, 0.3) is 0 Å². The van der Waals surface area contributed by atoms with Gasteiger partial charge in [0.25, 0.3) is 10.2 Å². The van der Waals surface area contributed by atoms with Crippen LogP contribution < -0.4 is 5.32 Å². The fourth-order valence-corrected chi connectivity index (χ4v) is 4.83. The number of benzene rings is 2. The summed E-state index contributed by atoms with van der Waals surface area (Å²) in [5.41, 5.74) is 1.95. The van der Waals surface area contributed by atoms with E-state index in [0.29, 0.717) is 29.2 Å². The van der Waals surface area contributed by atoms with Crippen LogP contribution >= 0.6 is 11.6 Å². The SMILES string of the molecule is Cc1ccc(NC(=O)CN2CCCN(Cc3cccc(F)c3)S2(=O)=O)cc1Cl. The highest BCUT2D eigenvalue weighted by Gasteiger charge is 2.34. The molecule has 0 radical (unpaired) electrons. The van der Waals surface area contributed by atoms with Gasteiger partial charge in [0.15, 0.2) is 0 Å². The lowest BCUT2D eigenvalue weighted by Crippen LogP contribution is -2.51. The van der Waals surface area contributed by atoms with Gasteiger partial charge in [-0.25, -0.2) is 4.39 Å². The summed E-state index contributed by atoms with van der Waals surface area (Å²) < 4.78 is 41.5. The van der Waals surface area contributed by atoms with Crippen LogP contribution in [0.2, 0.25) is 5.02 Å². The minimum atomic E-state index is -3.82. The van der Waals surface area contributed by atoms with Crippen LogP contribution in [-0.4, -0.2) is 42.6 Å². The number of carbonyl (C=O) groups is 1. The van der Waals surface area contributed by atoms with E-state index in [-0.39, 0.29) is 19.6 Å². The van der Waals surface area contributed by atoms with Crippen LogP contribution in [0.4, 0.5) is 10.1 Å². The molecule has 1 fully saturated rings. The molecule has 0 saturated carbocycles. The van der Waals surface area contributed by atoms with Crippen LogP contribution in [-0.2, 0) is 21.5 Å². The minimum absolute atomic E-state index is 0.0613. The van der Waals surface area contributed by atoms with Crippen molar-refractivity contribution in [3.05, 3.63) is 64.4 Å². The average Bonchev–Trinajstić information content (AvgIpc) is 2.62. The van der Waals surface area contributed by atoms with Crippen LogP contribution in [0, 0.1) is 12.7 Å². The van der Waals surface area contributed by atoms with Crippen molar-refractivity contribution in [3.8, 4) is 0 Å². The summed E-state index contributed by atoms with van der Waals surface area (Å²) in [6, 6.07) is 10.9. The van der Waals surface area contributed by atoms with E-state index in [0.717, 1.165) is 9.87 Å². The van der Waals surface area contributed by atoms with Gasteiger partial charge in [0.2, 0.25) is 5.91 Å². The zero-order chi connectivity index (χ0) is 20.3. The molecule has 2 aromatic rings. The predicted molar refractivity (Wildman–Crippen MR) is 107 cm³/mol. The monoisotopic (exact) mass is 425 g/mol. The number of hydrogen-bond acceptors (Lipinski definition) is 3. The standard InChI is InChI=1S/C19H21ClFN3O3S/c1-14-6-7-17(11-18(14)20)22-19(25)13-24-9-3-8-23(28(24,26)27)12-15-4-2-5-16(21)10-15/h2,4-7,10-11H,3,8-9,12-13H2,1H3,(H,22,25). The van der Waals surface area contributed by atoms with Crippen molar-refractivity contribution in [1.82, 2.24) is 8.61 Å². The lowest BCUT2D eigenvalue weighted by Gasteiger charge is -2.34. The first-order valence-corrected chi connectivity index (χ1v) is 10.6. The zero-order valence-electron chi connectivity index (χ0n) is 15.4. The lowest BCUT2D eigenvalue weighted by atomic mass is 10.2. The molecule has 1 amide bonds. The van der Waals surface area contributed by atoms with E-state index in [9.17, 15) is 17.6 Å². The Hall–Kier alpha value is -2.00. The van der Waals surface area contributed by atoms with Gasteiger partial charge in [-0.3, -0.25) is 4.79 Å². The molecule has 9 heteroatoms. The van der Waals surface area contributed by atoms with Gasteiger partial charge in [-0.15, -0.1) is 0 Å². The summed E-state index contributed by atoms with van der Waals surface area (Å²) >= 11 is 6.05. The molecular formula is C19H21ClFN3O3S. The lowest BCUT2D eigenvalue weighted by molar-refractivity contribution is -0.116. The van der Waals surface area contributed by atoms with Crippen LogP contribution in [0.1, 0.15) is 17.5 Å². The van der Waals surface area contributed by atoms with Crippen molar-refractivity contribution >= 4 is 33.4 Å². The number of nitrogens with one attached hydrogen (secondary N) is 1. The second kappa shape index (κ2) is 8.57. The maximum absolute atomic E-state index is 13.4. The molecule has 0 atom stereocenters. The Kier molecular flexibility index (Phi) is 6.34. The molecule has 0 aliphatic carbocycles. The average molecular weight is 426 g/mol. The van der Waals surface area contributed by atoms with Gasteiger partial charge < -0.3 is 5.32 Å². The number of halogens is 2. The van der Waals surface area contributed by atoms with Crippen molar-refractivity contribution in [2.75, 3.05) is 25.0 Å². The third kappa shape index (κ3) is 4.88. The van der Waals surface area contributed by atoms with Crippen molar-refractivity contribution in [2.24, 2.45) is 0 Å². The third-order valence-corrected chi connectivity index (χ3v) is 6.83. The Morgan fingerprint density at radius 3 is 2.64 bits per heavy atom. The van der Waals surface area contributed by atoms with Crippen molar-refractivity contribution in [1.29, 1.82) is 0 Å². The van der Waals surface area contributed by atoms with Gasteiger partial charge in [-0.05, 0) is 48.7 Å². The van der Waals surface area contributed by atoms with E-state index in [1.54, 1.807) is 30.3 Å². The first-order chi connectivity index (χ1) is 13.3. The largest absolute Gasteiger partial charge is 0.325 e. The number of amides is 1. The Bertz CT molecular complexity index is 984. The zero-order valence-corrected chi connectivity index (χ0v) is 16.9. The maximum atomic E-state index is 13.4. The molecule has 0 aromatic heterocycles. The number of rotatable bonds is 5. The number of anilines is 1. The molecule has 2 aromatic carbocycles. The Balaban J connectivity index is 1.67. The molecule has 0 unspecified atom stereocenters. The van der Waals surface area contributed by atoms with E-state index >= 15 is 0 Å². The Morgan fingerprint density at radius 1 is 1.18 bits per heavy atom. The number of aryl methyl sites for hydroxylation is 1. The first kappa shape index (κ1) is 20.7. The Morgan fingerprint density at radius 2 is 1.93 bits per heavy atom. The molecule has 150 valence electrons. The van der Waals surface area contributed by atoms with Gasteiger partial charge in [0.05, 0.1) is 6.54 Å². The highest BCUT2D eigenvalue weighted by molar-refractivity contribution is 7.86. The Labute approximate surface area is 169 Å². The first-order valence-electron chi connectivity index (χ1n) is 8.81. The molecule has 0 bridgehead atoms. The molecule has 3 rings (SSSR count). The maximum Gasteiger partial charge on any atom is 0.282 e. The highest BCUT2D eigenvalue weighted by Crippen LogP contribution is 2.22. The van der Waals surface area contributed by atoms with Crippen LogP contribution in [0.3, 0.4) is 0 Å². The molecule has 6 nitrogen and oxygen atoms in total. The minimum Gasteiger partial charge on any atom is -0.325 e. The van der Waals surface area contributed by atoms with E-state index in [4.69, 9.17) is 11.6 Å². The van der Waals surface area contributed by atoms with E-state index in [1.807, 2.05) is 6.92 Å². The molecular weight excluding hydrogens is 405 g/mol. The second-order valence-electron chi connectivity index (χ2n) is 6.67. The highest BCUT2D eigenvalue weighted by atomic mass is 35.5. The van der Waals surface area contributed by atoms with Crippen molar-refractivity contribution < 1.29 is 17.6 Å². The van der Waals surface area contributed by atoms with Gasteiger partial charge in [0.1, 0.15) is 5.82 Å². The molecule has 0 spiro atoms. The predicted octanol–water partition coefficient (Wildman–Crippen LogP) is 3.18. The summed E-state index contributed by atoms with van der Waals surface area (Å²) in [6.45, 7) is 2.19. The quantitative estimate of drug-likeness (QED) is 0.799. The molecule has 1 saturated heterocycles. The smallest absolute Gasteiger partial charge is 0.282 e. The fraction of sp³-hybridized carbons (Fsp3) is 0.316. The summed E-state index contributed by atoms with van der Waals surface area (Å²) in [4.78, 5) is 12.3. The molecule has 1 heterocycles. The summed E-state index contributed by atoms with van der Waals surface area (Å²) in [5, 5.41) is 3.19. The molecule has 28 heavy (non-hydrogen) atoms. The fourth-order valence-electron chi connectivity index (χ4n) is 3.01. The second-order valence-corrected chi connectivity index (χ2v) is 9.01. The summed E-state index contributed by atoms with van der Waals surface area (Å²) in [5.74, 6) is -0.865. The van der Waals surface area contributed by atoms with E-state index < -0.39 is 21.9 Å². The molecule has 1 N–H and O–H groups in total. The third-order valence-electron chi connectivity index (χ3n) is 4.49. The number of carbonyl (C=O) groups excluding carboxylic acids is 1. The number of hydrogen-bond donors (Lipinski definition) is 1.